The third kappa shape index (κ3) is 5.94. The molecule has 1 aliphatic heterocycles. The Bertz CT molecular complexity index is 528. The van der Waals surface area contributed by atoms with Crippen LogP contribution in [0.4, 0.5) is 0 Å². The molecule has 0 bridgehead atoms. The lowest BCUT2D eigenvalue weighted by Gasteiger charge is -2.32. The zero-order chi connectivity index (χ0) is 17.4. The Morgan fingerprint density at radius 2 is 1.92 bits per heavy atom. The summed E-state index contributed by atoms with van der Waals surface area (Å²) in [6, 6.07) is 9.44. The van der Waals surface area contributed by atoms with Crippen molar-refractivity contribution in [3.05, 3.63) is 35.9 Å². The summed E-state index contributed by atoms with van der Waals surface area (Å²) in [5.74, 6) is -0.00787. The number of benzene rings is 1. The summed E-state index contributed by atoms with van der Waals surface area (Å²) in [5.41, 5.74) is 0.687. The van der Waals surface area contributed by atoms with E-state index in [0.29, 0.717) is 18.7 Å². The molecule has 0 aromatic heterocycles. The number of ether oxygens (including phenoxy) is 1. The Labute approximate surface area is 143 Å². The van der Waals surface area contributed by atoms with Gasteiger partial charge < -0.3 is 15.4 Å². The summed E-state index contributed by atoms with van der Waals surface area (Å²) in [7, 11) is 1.62. The minimum atomic E-state index is -0.0276. The molecule has 2 N–H and O–H groups in total. The van der Waals surface area contributed by atoms with Gasteiger partial charge in [0.15, 0.2) is 0 Å². The number of carbonyl (C=O) groups is 2. The van der Waals surface area contributed by atoms with Crippen LogP contribution >= 0.6 is 0 Å². The van der Waals surface area contributed by atoms with Gasteiger partial charge in [-0.1, -0.05) is 18.2 Å². The number of hydrogen-bond acceptors (Lipinski definition) is 4. The number of methoxy groups -OCH3 is 1. The van der Waals surface area contributed by atoms with Crippen molar-refractivity contribution < 1.29 is 14.3 Å². The third-order valence-electron chi connectivity index (χ3n) is 4.15. The van der Waals surface area contributed by atoms with Gasteiger partial charge in [-0.25, -0.2) is 0 Å². The number of likely N-dealkylation sites (tertiary alicyclic amines) is 1. The summed E-state index contributed by atoms with van der Waals surface area (Å²) >= 11 is 0. The average molecular weight is 333 g/mol. The van der Waals surface area contributed by atoms with E-state index >= 15 is 0 Å². The molecule has 132 valence electrons. The summed E-state index contributed by atoms with van der Waals surface area (Å²) in [6.45, 7) is 4.46. The van der Waals surface area contributed by atoms with Gasteiger partial charge in [0.25, 0.3) is 5.91 Å². The van der Waals surface area contributed by atoms with Crippen LogP contribution in [-0.4, -0.2) is 62.1 Å². The molecule has 1 fully saturated rings. The number of piperidine rings is 1. The van der Waals surface area contributed by atoms with Crippen LogP contribution in [0.3, 0.4) is 0 Å². The van der Waals surface area contributed by atoms with Gasteiger partial charge in [-0.3, -0.25) is 14.5 Å². The normalized spacial score (nSPS) is 17.2. The SMILES string of the molecule is COCC(C)NC(=O)CN1CCC(NC(=O)c2ccccc2)CC1. The zero-order valence-electron chi connectivity index (χ0n) is 14.5. The Morgan fingerprint density at radius 3 is 2.54 bits per heavy atom. The van der Waals surface area contributed by atoms with Crippen molar-refractivity contribution in [1.82, 2.24) is 15.5 Å². The molecular weight excluding hydrogens is 306 g/mol. The number of nitrogens with one attached hydrogen (secondary N) is 2. The predicted molar refractivity (Wildman–Crippen MR) is 92.9 cm³/mol. The lowest BCUT2D eigenvalue weighted by molar-refractivity contribution is -0.123. The fourth-order valence-corrected chi connectivity index (χ4v) is 2.91. The summed E-state index contributed by atoms with van der Waals surface area (Å²) in [6.07, 6.45) is 1.72. The number of amides is 2. The molecule has 1 heterocycles. The highest BCUT2D eigenvalue weighted by Gasteiger charge is 2.22. The highest BCUT2D eigenvalue weighted by Crippen LogP contribution is 2.11. The van der Waals surface area contributed by atoms with E-state index in [-0.39, 0.29) is 23.9 Å². The summed E-state index contributed by atoms with van der Waals surface area (Å²) < 4.78 is 5.01. The molecule has 1 aromatic carbocycles. The number of carbonyl (C=O) groups excluding carboxylic acids is 2. The Balaban J connectivity index is 1.69. The predicted octanol–water partition coefficient (Wildman–Crippen LogP) is 1.03. The first-order valence-electron chi connectivity index (χ1n) is 8.45. The molecule has 0 aliphatic carbocycles. The molecule has 24 heavy (non-hydrogen) atoms. The van der Waals surface area contributed by atoms with E-state index in [1.165, 1.54) is 0 Å². The van der Waals surface area contributed by atoms with Gasteiger partial charge in [0.2, 0.25) is 5.91 Å². The molecule has 1 unspecified atom stereocenters. The molecule has 1 aliphatic rings. The van der Waals surface area contributed by atoms with Gasteiger partial charge in [0.1, 0.15) is 0 Å². The van der Waals surface area contributed by atoms with E-state index in [4.69, 9.17) is 4.74 Å². The molecule has 2 rings (SSSR count). The second-order valence-corrected chi connectivity index (χ2v) is 6.31. The van der Waals surface area contributed by atoms with Gasteiger partial charge in [-0.15, -0.1) is 0 Å². The molecule has 0 radical (unpaired) electrons. The number of nitrogens with zero attached hydrogens (tertiary/aromatic N) is 1. The van der Waals surface area contributed by atoms with Crippen molar-refractivity contribution in [1.29, 1.82) is 0 Å². The minimum absolute atomic E-state index is 0.0187. The fraction of sp³-hybridized carbons (Fsp3) is 0.556. The average Bonchev–Trinajstić information content (AvgIpc) is 2.57. The van der Waals surface area contributed by atoms with Gasteiger partial charge in [-0.05, 0) is 31.9 Å². The van der Waals surface area contributed by atoms with Crippen LogP contribution in [0.1, 0.15) is 30.1 Å². The maximum Gasteiger partial charge on any atom is 0.251 e. The fourth-order valence-electron chi connectivity index (χ4n) is 2.91. The molecule has 1 aromatic rings. The van der Waals surface area contributed by atoms with E-state index in [1.807, 2.05) is 37.3 Å². The van der Waals surface area contributed by atoms with Gasteiger partial charge in [-0.2, -0.15) is 0 Å². The van der Waals surface area contributed by atoms with Crippen molar-refractivity contribution in [3.63, 3.8) is 0 Å². The Morgan fingerprint density at radius 1 is 1.25 bits per heavy atom. The summed E-state index contributed by atoms with van der Waals surface area (Å²) in [5, 5.41) is 5.99. The van der Waals surface area contributed by atoms with Gasteiger partial charge >= 0.3 is 0 Å². The van der Waals surface area contributed by atoms with E-state index < -0.39 is 0 Å². The zero-order valence-corrected chi connectivity index (χ0v) is 14.5. The van der Waals surface area contributed by atoms with Crippen molar-refractivity contribution in [3.8, 4) is 0 Å². The molecule has 6 nitrogen and oxygen atoms in total. The largest absolute Gasteiger partial charge is 0.383 e. The van der Waals surface area contributed by atoms with Crippen LogP contribution < -0.4 is 10.6 Å². The van der Waals surface area contributed by atoms with Crippen molar-refractivity contribution >= 4 is 11.8 Å². The summed E-state index contributed by atoms with van der Waals surface area (Å²) in [4.78, 5) is 26.2. The minimum Gasteiger partial charge on any atom is -0.383 e. The van der Waals surface area contributed by atoms with E-state index in [2.05, 4.69) is 15.5 Å². The topological polar surface area (TPSA) is 70.7 Å². The van der Waals surface area contributed by atoms with Crippen LogP contribution in [0.25, 0.3) is 0 Å². The van der Waals surface area contributed by atoms with Crippen LogP contribution in [0.5, 0.6) is 0 Å². The van der Waals surface area contributed by atoms with Crippen molar-refractivity contribution in [2.24, 2.45) is 0 Å². The molecule has 0 spiro atoms. The molecule has 1 atom stereocenters. The maximum atomic E-state index is 12.2. The molecule has 6 heteroatoms. The Kier molecular flexibility index (Phi) is 7.21. The quantitative estimate of drug-likeness (QED) is 0.782. The lowest BCUT2D eigenvalue weighted by atomic mass is 10.0. The third-order valence-corrected chi connectivity index (χ3v) is 4.15. The first-order chi connectivity index (χ1) is 11.6. The van der Waals surface area contributed by atoms with Crippen LogP contribution in [0.2, 0.25) is 0 Å². The first-order valence-corrected chi connectivity index (χ1v) is 8.45. The van der Waals surface area contributed by atoms with E-state index in [0.717, 1.165) is 25.9 Å². The number of rotatable bonds is 7. The second-order valence-electron chi connectivity index (χ2n) is 6.31. The lowest BCUT2D eigenvalue weighted by Crippen LogP contribution is -2.48. The van der Waals surface area contributed by atoms with Gasteiger partial charge in [0, 0.05) is 37.8 Å². The van der Waals surface area contributed by atoms with E-state index in [9.17, 15) is 9.59 Å². The standard InChI is InChI=1S/C18H27N3O3/c1-14(13-24-2)19-17(22)12-21-10-8-16(9-11-21)20-18(23)15-6-4-3-5-7-15/h3-7,14,16H,8-13H2,1-2H3,(H,19,22)(H,20,23). The smallest absolute Gasteiger partial charge is 0.251 e. The number of hydrogen-bond donors (Lipinski definition) is 2. The first kappa shape index (κ1) is 18.4. The molecule has 2 amide bonds. The maximum absolute atomic E-state index is 12.2. The van der Waals surface area contributed by atoms with Crippen LogP contribution in [0, 0.1) is 0 Å². The highest BCUT2D eigenvalue weighted by molar-refractivity contribution is 5.94. The molecule has 1 saturated heterocycles. The molecular formula is C18H27N3O3. The van der Waals surface area contributed by atoms with Crippen molar-refractivity contribution in [2.45, 2.75) is 31.8 Å². The Hall–Kier alpha value is -1.92. The van der Waals surface area contributed by atoms with Gasteiger partial charge in [0.05, 0.1) is 13.2 Å². The monoisotopic (exact) mass is 333 g/mol. The van der Waals surface area contributed by atoms with Crippen LogP contribution in [-0.2, 0) is 9.53 Å². The molecule has 0 saturated carbocycles. The highest BCUT2D eigenvalue weighted by atomic mass is 16.5. The second kappa shape index (κ2) is 9.39. The van der Waals surface area contributed by atoms with Crippen molar-refractivity contribution in [2.75, 3.05) is 33.4 Å². The van der Waals surface area contributed by atoms with Crippen LogP contribution in [0.15, 0.2) is 30.3 Å². The van der Waals surface area contributed by atoms with E-state index in [1.54, 1.807) is 7.11 Å².